The number of benzene rings is 1. The average molecular weight is 270 g/mol. The molecule has 0 aliphatic heterocycles. The van der Waals surface area contributed by atoms with E-state index in [1.54, 1.807) is 7.11 Å². The second-order valence-corrected chi connectivity index (χ2v) is 4.08. The fraction of sp³-hybridized carbons (Fsp3) is 0.273. The van der Waals surface area contributed by atoms with E-state index >= 15 is 0 Å². The van der Waals surface area contributed by atoms with E-state index in [4.69, 9.17) is 14.9 Å². The van der Waals surface area contributed by atoms with Crippen LogP contribution in [0.2, 0.25) is 0 Å². The number of ether oxygens (including phenoxy) is 1. The molecule has 0 saturated heterocycles. The number of hydrogen-bond donors (Lipinski definition) is 1. The molecule has 0 aliphatic carbocycles. The number of fused-ring (bicyclic) bond motifs is 1. The van der Waals surface area contributed by atoms with Crippen molar-refractivity contribution in [3.63, 3.8) is 0 Å². The number of methoxy groups -OCH3 is 1. The zero-order valence-electron chi connectivity index (χ0n) is 8.42. The van der Waals surface area contributed by atoms with Gasteiger partial charge in [0.2, 0.25) is 0 Å². The van der Waals surface area contributed by atoms with Crippen LogP contribution in [0, 0.1) is 0 Å². The highest BCUT2D eigenvalue weighted by Crippen LogP contribution is 2.32. The van der Waals surface area contributed by atoms with Gasteiger partial charge in [-0.15, -0.1) is 0 Å². The number of hydrogen-bond acceptors (Lipinski definition) is 3. The van der Waals surface area contributed by atoms with Crippen LogP contribution in [-0.4, -0.2) is 13.7 Å². The Labute approximate surface area is 96.3 Å². The van der Waals surface area contributed by atoms with E-state index in [1.807, 2.05) is 18.2 Å². The first-order valence-electron chi connectivity index (χ1n) is 4.70. The molecule has 1 aromatic heterocycles. The van der Waals surface area contributed by atoms with Crippen LogP contribution in [-0.2, 0) is 6.42 Å². The van der Waals surface area contributed by atoms with E-state index in [1.165, 1.54) is 0 Å². The van der Waals surface area contributed by atoms with Crippen LogP contribution in [0.25, 0.3) is 11.0 Å². The summed E-state index contributed by atoms with van der Waals surface area (Å²) in [5.41, 5.74) is 7.47. The first-order chi connectivity index (χ1) is 7.24. The highest BCUT2D eigenvalue weighted by Gasteiger charge is 2.09. The molecule has 2 N–H and O–H groups in total. The Balaban J connectivity index is 2.59. The molecule has 0 bridgehead atoms. The summed E-state index contributed by atoms with van der Waals surface area (Å²) < 4.78 is 11.5. The average Bonchev–Trinajstić information content (AvgIpc) is 2.57. The molecule has 0 atom stereocenters. The summed E-state index contributed by atoms with van der Waals surface area (Å²) in [7, 11) is 1.65. The molecule has 0 amide bonds. The fourth-order valence-corrected chi connectivity index (χ4v) is 2.01. The molecule has 0 fully saturated rings. The second-order valence-electron chi connectivity index (χ2n) is 3.30. The Bertz CT molecular complexity index is 479. The van der Waals surface area contributed by atoms with Crippen molar-refractivity contribution < 1.29 is 9.15 Å². The Morgan fingerprint density at radius 3 is 2.87 bits per heavy atom. The topological polar surface area (TPSA) is 48.4 Å². The summed E-state index contributed by atoms with van der Waals surface area (Å²) in [5, 5.41) is 0.977. The van der Waals surface area contributed by atoms with Gasteiger partial charge in [0, 0.05) is 6.07 Å². The van der Waals surface area contributed by atoms with E-state index < -0.39 is 0 Å². The summed E-state index contributed by atoms with van der Waals surface area (Å²) in [6.07, 6.45) is 0.824. The molecule has 0 saturated carbocycles. The molecule has 0 radical (unpaired) electrons. The molecular weight excluding hydrogens is 258 g/mol. The molecule has 2 rings (SSSR count). The van der Waals surface area contributed by atoms with Crippen molar-refractivity contribution in [1.82, 2.24) is 0 Å². The number of rotatable bonds is 3. The van der Waals surface area contributed by atoms with Gasteiger partial charge in [0.15, 0.2) is 4.67 Å². The summed E-state index contributed by atoms with van der Waals surface area (Å²) in [4.78, 5) is 0. The monoisotopic (exact) mass is 269 g/mol. The second kappa shape index (κ2) is 4.24. The van der Waals surface area contributed by atoms with E-state index in [2.05, 4.69) is 15.9 Å². The number of nitrogens with two attached hydrogens (primary N) is 1. The molecule has 0 spiro atoms. The maximum absolute atomic E-state index is 5.52. The Hall–Kier alpha value is -1.00. The van der Waals surface area contributed by atoms with Crippen molar-refractivity contribution in [3.05, 3.63) is 28.4 Å². The molecule has 0 unspecified atom stereocenters. The first-order valence-corrected chi connectivity index (χ1v) is 5.50. The predicted octanol–water partition coefficient (Wildman–Crippen LogP) is 2.71. The zero-order chi connectivity index (χ0) is 10.8. The van der Waals surface area contributed by atoms with Gasteiger partial charge in [-0.3, -0.25) is 0 Å². The van der Waals surface area contributed by atoms with Crippen LogP contribution < -0.4 is 10.5 Å². The molecule has 1 heterocycles. The van der Waals surface area contributed by atoms with Crippen LogP contribution in [0.1, 0.15) is 5.56 Å². The van der Waals surface area contributed by atoms with Gasteiger partial charge in [-0.05, 0) is 46.6 Å². The maximum Gasteiger partial charge on any atom is 0.170 e. The zero-order valence-corrected chi connectivity index (χ0v) is 10.0. The van der Waals surface area contributed by atoms with E-state index in [9.17, 15) is 0 Å². The lowest BCUT2D eigenvalue weighted by Crippen LogP contribution is -2.02. The standard InChI is InChI=1S/C11H12BrNO2/c1-14-9-4-7(2-3-13)5-10-8(9)6-11(12)15-10/h4-6H,2-3,13H2,1H3. The van der Waals surface area contributed by atoms with Gasteiger partial charge in [-0.25, -0.2) is 0 Å². The quantitative estimate of drug-likeness (QED) is 0.932. The van der Waals surface area contributed by atoms with Gasteiger partial charge in [-0.1, -0.05) is 0 Å². The minimum absolute atomic E-state index is 0.622. The molecule has 0 aliphatic rings. The van der Waals surface area contributed by atoms with Gasteiger partial charge >= 0.3 is 0 Å². The van der Waals surface area contributed by atoms with Crippen molar-refractivity contribution in [2.75, 3.05) is 13.7 Å². The van der Waals surface area contributed by atoms with Crippen LogP contribution in [0.3, 0.4) is 0 Å². The summed E-state index contributed by atoms with van der Waals surface area (Å²) >= 11 is 3.30. The van der Waals surface area contributed by atoms with Crippen LogP contribution >= 0.6 is 15.9 Å². The lowest BCUT2D eigenvalue weighted by atomic mass is 10.1. The van der Waals surface area contributed by atoms with Gasteiger partial charge in [-0.2, -0.15) is 0 Å². The van der Waals surface area contributed by atoms with Gasteiger partial charge in [0.25, 0.3) is 0 Å². The van der Waals surface area contributed by atoms with Crippen LogP contribution in [0.5, 0.6) is 5.75 Å². The molecule has 15 heavy (non-hydrogen) atoms. The summed E-state index contributed by atoms with van der Waals surface area (Å²) in [6.45, 7) is 0.622. The lowest BCUT2D eigenvalue weighted by molar-refractivity contribution is 0.419. The smallest absolute Gasteiger partial charge is 0.170 e. The largest absolute Gasteiger partial charge is 0.496 e. The molecule has 80 valence electrons. The van der Waals surface area contributed by atoms with Crippen LogP contribution in [0.4, 0.5) is 0 Å². The summed E-state index contributed by atoms with van der Waals surface area (Å²) in [6, 6.07) is 5.90. The Kier molecular flexibility index (Phi) is 2.98. The Morgan fingerprint density at radius 1 is 1.40 bits per heavy atom. The number of halogens is 1. The van der Waals surface area contributed by atoms with Gasteiger partial charge < -0.3 is 14.9 Å². The molecule has 1 aromatic carbocycles. The third-order valence-corrected chi connectivity index (χ3v) is 2.67. The third-order valence-electron chi connectivity index (χ3n) is 2.28. The van der Waals surface area contributed by atoms with Gasteiger partial charge in [0.1, 0.15) is 11.3 Å². The fourth-order valence-electron chi connectivity index (χ4n) is 1.61. The third kappa shape index (κ3) is 2.01. The van der Waals surface area contributed by atoms with Gasteiger partial charge in [0.05, 0.1) is 12.5 Å². The first kappa shape index (κ1) is 10.5. The molecule has 3 nitrogen and oxygen atoms in total. The van der Waals surface area contributed by atoms with E-state index in [-0.39, 0.29) is 0 Å². The Morgan fingerprint density at radius 2 is 2.20 bits per heavy atom. The van der Waals surface area contributed by atoms with Crippen molar-refractivity contribution >= 4 is 26.9 Å². The van der Waals surface area contributed by atoms with Crippen molar-refractivity contribution in [2.45, 2.75) is 6.42 Å². The van der Waals surface area contributed by atoms with Crippen LogP contribution in [0.15, 0.2) is 27.3 Å². The van der Waals surface area contributed by atoms with E-state index in [0.29, 0.717) is 11.2 Å². The normalized spacial score (nSPS) is 10.9. The maximum atomic E-state index is 5.52. The minimum atomic E-state index is 0.622. The number of furan rings is 1. The van der Waals surface area contributed by atoms with Crippen molar-refractivity contribution in [3.8, 4) is 5.75 Å². The SMILES string of the molecule is COc1cc(CCN)cc2oc(Br)cc12. The van der Waals surface area contributed by atoms with Crippen molar-refractivity contribution in [2.24, 2.45) is 5.73 Å². The minimum Gasteiger partial charge on any atom is -0.496 e. The molecular formula is C11H12BrNO2. The molecule has 2 aromatic rings. The lowest BCUT2D eigenvalue weighted by Gasteiger charge is -2.04. The highest BCUT2D eigenvalue weighted by atomic mass is 79.9. The van der Waals surface area contributed by atoms with Crippen molar-refractivity contribution in [1.29, 1.82) is 0 Å². The predicted molar refractivity (Wildman–Crippen MR) is 63.2 cm³/mol. The summed E-state index contributed by atoms with van der Waals surface area (Å²) in [5.74, 6) is 0.824. The highest BCUT2D eigenvalue weighted by molar-refractivity contribution is 9.10. The van der Waals surface area contributed by atoms with E-state index in [0.717, 1.165) is 28.7 Å². The molecule has 4 heteroatoms.